The standard InChI is InChI=1S/C31H39N5O4/c1-21-17-24(28-25-9-14-36(19-23-10-15-38-20-23)29(25)34-27(18-32)33-28)5-6-26(21)39-16-11-22-7-12-35(13-8-22)30(37)40-31(2,3)4/h5-6,9,14,17,22-23H,7-8,10-13,15-16,19-20H2,1-4H3. The van der Waals surface area contributed by atoms with Crippen LogP contribution in [0.15, 0.2) is 30.5 Å². The summed E-state index contributed by atoms with van der Waals surface area (Å²) in [5, 5.41) is 10.6. The van der Waals surface area contributed by atoms with Crippen molar-refractivity contribution in [3.05, 3.63) is 41.9 Å². The lowest BCUT2D eigenvalue weighted by Crippen LogP contribution is -2.41. The van der Waals surface area contributed by atoms with Gasteiger partial charge in [0.05, 0.1) is 18.9 Å². The number of likely N-dealkylation sites (tertiary alicyclic amines) is 1. The Labute approximate surface area is 236 Å². The second-order valence-corrected chi connectivity index (χ2v) is 12.0. The molecule has 2 aliphatic heterocycles. The van der Waals surface area contributed by atoms with E-state index in [9.17, 15) is 10.1 Å². The first kappa shape index (κ1) is 27.9. The van der Waals surface area contributed by atoms with E-state index in [0.29, 0.717) is 18.4 Å². The number of amides is 1. The molecular weight excluding hydrogens is 506 g/mol. The highest BCUT2D eigenvalue weighted by Gasteiger charge is 2.27. The summed E-state index contributed by atoms with van der Waals surface area (Å²) in [6.45, 7) is 12.2. The largest absolute Gasteiger partial charge is 0.493 e. The van der Waals surface area contributed by atoms with Crippen LogP contribution in [0, 0.1) is 30.1 Å². The van der Waals surface area contributed by atoms with Crippen LogP contribution in [0.4, 0.5) is 4.79 Å². The van der Waals surface area contributed by atoms with Gasteiger partial charge in [-0.3, -0.25) is 0 Å². The number of nitrogens with zero attached hydrogens (tertiary/aromatic N) is 5. The third kappa shape index (κ3) is 6.56. The Balaban J connectivity index is 1.21. The molecule has 0 aliphatic carbocycles. The number of rotatable bonds is 7. The number of aromatic nitrogens is 3. The highest BCUT2D eigenvalue weighted by atomic mass is 16.6. The molecule has 9 heteroatoms. The van der Waals surface area contributed by atoms with Crippen molar-refractivity contribution in [1.82, 2.24) is 19.4 Å². The third-order valence-electron chi connectivity index (χ3n) is 7.70. The van der Waals surface area contributed by atoms with Crippen molar-refractivity contribution in [3.63, 3.8) is 0 Å². The smallest absolute Gasteiger partial charge is 0.410 e. The Morgan fingerprint density at radius 2 is 1.95 bits per heavy atom. The second kappa shape index (κ2) is 11.8. The van der Waals surface area contributed by atoms with Crippen LogP contribution in [0.5, 0.6) is 5.75 Å². The van der Waals surface area contributed by atoms with Gasteiger partial charge >= 0.3 is 6.09 Å². The van der Waals surface area contributed by atoms with Gasteiger partial charge in [0, 0.05) is 49.3 Å². The van der Waals surface area contributed by atoms with Gasteiger partial charge in [0.1, 0.15) is 23.1 Å². The van der Waals surface area contributed by atoms with Crippen molar-refractivity contribution in [1.29, 1.82) is 5.26 Å². The summed E-state index contributed by atoms with van der Waals surface area (Å²) in [6, 6.07) is 10.2. The van der Waals surface area contributed by atoms with Crippen molar-refractivity contribution in [2.24, 2.45) is 11.8 Å². The number of carbonyl (C=O) groups excluding carboxylic acids is 1. The van der Waals surface area contributed by atoms with E-state index in [4.69, 9.17) is 14.2 Å². The van der Waals surface area contributed by atoms with Crippen molar-refractivity contribution in [2.75, 3.05) is 32.9 Å². The van der Waals surface area contributed by atoms with E-state index in [1.54, 1.807) is 0 Å². The number of nitriles is 1. The summed E-state index contributed by atoms with van der Waals surface area (Å²) < 4.78 is 19.3. The molecule has 1 unspecified atom stereocenters. The molecule has 4 heterocycles. The number of hydrogen-bond donors (Lipinski definition) is 0. The van der Waals surface area contributed by atoms with Crippen LogP contribution in [-0.2, 0) is 16.0 Å². The van der Waals surface area contributed by atoms with E-state index >= 15 is 0 Å². The zero-order chi connectivity index (χ0) is 28.3. The van der Waals surface area contributed by atoms with Gasteiger partial charge in [-0.25, -0.2) is 14.8 Å². The highest BCUT2D eigenvalue weighted by Crippen LogP contribution is 2.32. The van der Waals surface area contributed by atoms with Gasteiger partial charge in [0.15, 0.2) is 0 Å². The first-order valence-corrected chi connectivity index (χ1v) is 14.3. The number of fused-ring (bicyclic) bond motifs is 1. The van der Waals surface area contributed by atoms with Crippen LogP contribution in [0.3, 0.4) is 0 Å². The van der Waals surface area contributed by atoms with Crippen LogP contribution in [-0.4, -0.2) is 64.0 Å². The Hall–Kier alpha value is -3.64. The maximum absolute atomic E-state index is 12.3. The molecule has 1 atom stereocenters. The van der Waals surface area contributed by atoms with Crippen LogP contribution in [0.1, 0.15) is 57.8 Å². The average molecular weight is 546 g/mol. The Morgan fingerprint density at radius 1 is 1.15 bits per heavy atom. The lowest BCUT2D eigenvalue weighted by atomic mass is 9.94. The molecule has 0 saturated carbocycles. The van der Waals surface area contributed by atoms with Crippen molar-refractivity contribution < 1.29 is 19.0 Å². The molecule has 2 saturated heterocycles. The summed E-state index contributed by atoms with van der Waals surface area (Å²) >= 11 is 0. The molecule has 0 bridgehead atoms. The van der Waals surface area contributed by atoms with Crippen LogP contribution < -0.4 is 4.74 Å². The predicted octanol–water partition coefficient (Wildman–Crippen LogP) is 5.73. The van der Waals surface area contributed by atoms with Gasteiger partial charge in [-0.15, -0.1) is 0 Å². The van der Waals surface area contributed by atoms with Crippen LogP contribution in [0.25, 0.3) is 22.3 Å². The van der Waals surface area contributed by atoms with Gasteiger partial charge in [0.25, 0.3) is 0 Å². The molecule has 40 heavy (non-hydrogen) atoms. The van der Waals surface area contributed by atoms with E-state index in [-0.39, 0.29) is 11.9 Å². The molecule has 2 aromatic heterocycles. The summed E-state index contributed by atoms with van der Waals surface area (Å²) in [4.78, 5) is 23.2. The van der Waals surface area contributed by atoms with Gasteiger partial charge in [-0.2, -0.15) is 5.26 Å². The Bertz CT molecular complexity index is 1390. The SMILES string of the molecule is Cc1cc(-c2nc(C#N)nc3c2ccn3CC2CCOC2)ccc1OCCC1CCN(C(=O)OC(C)(C)C)CC1. The van der Waals surface area contributed by atoms with Crippen LogP contribution in [0.2, 0.25) is 0 Å². The minimum atomic E-state index is -0.470. The molecule has 3 aromatic rings. The average Bonchev–Trinajstić information content (AvgIpc) is 3.59. The van der Waals surface area contributed by atoms with Crippen molar-refractivity contribution >= 4 is 17.1 Å². The number of carbonyl (C=O) groups is 1. The predicted molar refractivity (Wildman–Crippen MR) is 152 cm³/mol. The molecule has 0 spiro atoms. The van der Waals surface area contributed by atoms with Crippen molar-refractivity contribution in [3.8, 4) is 23.1 Å². The molecule has 2 fully saturated rings. The molecule has 0 N–H and O–H groups in total. The van der Waals surface area contributed by atoms with Gasteiger partial charge in [-0.1, -0.05) is 0 Å². The molecule has 1 aromatic carbocycles. The Kier molecular flexibility index (Phi) is 8.27. The van der Waals surface area contributed by atoms with E-state index in [2.05, 4.69) is 26.7 Å². The molecule has 5 rings (SSSR count). The zero-order valence-corrected chi connectivity index (χ0v) is 24.0. The van der Waals surface area contributed by atoms with Gasteiger partial charge < -0.3 is 23.7 Å². The van der Waals surface area contributed by atoms with E-state index in [0.717, 1.165) is 92.1 Å². The quantitative estimate of drug-likeness (QED) is 0.373. The molecule has 2 aliphatic rings. The normalized spacial score (nSPS) is 18.2. The molecule has 0 radical (unpaired) electrons. The summed E-state index contributed by atoms with van der Waals surface area (Å²) in [7, 11) is 0. The van der Waals surface area contributed by atoms with E-state index < -0.39 is 5.60 Å². The highest BCUT2D eigenvalue weighted by molar-refractivity contribution is 5.91. The van der Waals surface area contributed by atoms with Gasteiger partial charge in [0.2, 0.25) is 5.82 Å². The van der Waals surface area contributed by atoms with Gasteiger partial charge in [-0.05, 0) is 89.1 Å². The maximum atomic E-state index is 12.3. The fourth-order valence-corrected chi connectivity index (χ4v) is 5.51. The molecule has 9 nitrogen and oxygen atoms in total. The number of aryl methyl sites for hydroxylation is 1. The Morgan fingerprint density at radius 3 is 2.62 bits per heavy atom. The van der Waals surface area contributed by atoms with E-state index in [1.807, 2.05) is 57.0 Å². The number of piperidine rings is 1. The fourth-order valence-electron chi connectivity index (χ4n) is 5.51. The summed E-state index contributed by atoms with van der Waals surface area (Å²) in [5.74, 6) is 1.99. The minimum Gasteiger partial charge on any atom is -0.493 e. The number of ether oxygens (including phenoxy) is 3. The summed E-state index contributed by atoms with van der Waals surface area (Å²) in [5.41, 5.74) is 3.02. The number of benzene rings is 1. The van der Waals surface area contributed by atoms with Crippen molar-refractivity contribution in [2.45, 2.75) is 65.5 Å². The second-order valence-electron chi connectivity index (χ2n) is 12.0. The first-order chi connectivity index (χ1) is 19.2. The summed E-state index contributed by atoms with van der Waals surface area (Å²) in [6.07, 6.45) is 5.71. The van der Waals surface area contributed by atoms with Crippen LogP contribution >= 0.6 is 0 Å². The molecule has 212 valence electrons. The lowest BCUT2D eigenvalue weighted by Gasteiger charge is -2.33. The first-order valence-electron chi connectivity index (χ1n) is 14.3. The molecular formula is C31H39N5O4. The zero-order valence-electron chi connectivity index (χ0n) is 24.0. The molecule has 1 amide bonds. The lowest BCUT2D eigenvalue weighted by molar-refractivity contribution is 0.0177. The maximum Gasteiger partial charge on any atom is 0.410 e. The van der Waals surface area contributed by atoms with E-state index in [1.165, 1.54) is 0 Å². The fraction of sp³-hybridized carbons (Fsp3) is 0.548. The number of hydrogen-bond acceptors (Lipinski definition) is 7. The minimum absolute atomic E-state index is 0.167. The monoisotopic (exact) mass is 545 g/mol. The topological polar surface area (TPSA) is 103 Å². The third-order valence-corrected chi connectivity index (χ3v) is 7.70.